The third-order valence-electron chi connectivity index (χ3n) is 3.19. The molecule has 1 atom stereocenters. The summed E-state index contributed by atoms with van der Waals surface area (Å²) in [4.78, 5) is 13.4. The smallest absolute Gasteiger partial charge is 0.252 e. The summed E-state index contributed by atoms with van der Waals surface area (Å²) in [5.41, 5.74) is 2.88. The number of nitrogens with zero attached hydrogens (tertiary/aromatic N) is 2. The normalized spacial score (nSPS) is 12.4. The lowest BCUT2D eigenvalue weighted by Gasteiger charge is -2.14. The van der Waals surface area contributed by atoms with Gasteiger partial charge in [-0.1, -0.05) is 6.92 Å². The molecular weight excluding hydrogens is 270 g/mol. The van der Waals surface area contributed by atoms with Crippen molar-refractivity contribution < 1.29 is 4.79 Å². The van der Waals surface area contributed by atoms with Gasteiger partial charge in [-0.3, -0.25) is 9.48 Å². The van der Waals surface area contributed by atoms with Crippen molar-refractivity contribution in [2.24, 2.45) is 0 Å². The fraction of sp³-hybridized carbons (Fsp3) is 0.467. The molecule has 0 saturated carbocycles. The lowest BCUT2D eigenvalue weighted by molar-refractivity contribution is 0.0936. The Kier molecular flexibility index (Phi) is 4.60. The number of aromatic nitrogens is 2. The fourth-order valence-electron chi connectivity index (χ4n) is 2.16. The van der Waals surface area contributed by atoms with Gasteiger partial charge in [0.05, 0.1) is 17.8 Å². The molecule has 0 unspecified atom stereocenters. The van der Waals surface area contributed by atoms with Crippen LogP contribution in [-0.4, -0.2) is 21.7 Å². The highest BCUT2D eigenvalue weighted by Crippen LogP contribution is 2.15. The van der Waals surface area contributed by atoms with E-state index in [9.17, 15) is 4.79 Å². The van der Waals surface area contributed by atoms with E-state index < -0.39 is 0 Å². The molecule has 0 aliphatic heterocycles. The third-order valence-corrected chi connectivity index (χ3v) is 4.27. The van der Waals surface area contributed by atoms with Crippen LogP contribution in [0.5, 0.6) is 0 Å². The van der Waals surface area contributed by atoms with E-state index in [0.29, 0.717) is 6.54 Å². The van der Waals surface area contributed by atoms with Crippen LogP contribution in [-0.2, 0) is 13.0 Å². The Bertz CT molecular complexity index is 600. The zero-order chi connectivity index (χ0) is 14.7. The lowest BCUT2D eigenvalue weighted by atomic mass is 10.2. The summed E-state index contributed by atoms with van der Waals surface area (Å²) < 4.78 is 1.94. The number of rotatable bonds is 5. The highest BCUT2D eigenvalue weighted by atomic mass is 32.1. The van der Waals surface area contributed by atoms with Gasteiger partial charge in [0.1, 0.15) is 0 Å². The number of nitrogens with one attached hydrogen (secondary N) is 1. The van der Waals surface area contributed by atoms with E-state index in [1.54, 1.807) is 11.3 Å². The topological polar surface area (TPSA) is 46.9 Å². The highest BCUT2D eigenvalue weighted by Gasteiger charge is 2.13. The van der Waals surface area contributed by atoms with Crippen LogP contribution in [0, 0.1) is 13.8 Å². The Morgan fingerprint density at radius 1 is 1.45 bits per heavy atom. The second-order valence-electron chi connectivity index (χ2n) is 5.14. The zero-order valence-electron chi connectivity index (χ0n) is 12.4. The van der Waals surface area contributed by atoms with Gasteiger partial charge in [-0.25, -0.2) is 0 Å². The summed E-state index contributed by atoms with van der Waals surface area (Å²) >= 11 is 1.64. The SMILES string of the molecule is CCc1cc(C(=O)N[C@@H](C)Cn2nc(C)cc2C)cs1. The number of aryl methyl sites for hydroxylation is 3. The molecule has 2 aromatic rings. The molecule has 1 amide bonds. The number of thiophene rings is 1. The van der Waals surface area contributed by atoms with Gasteiger partial charge in [-0.05, 0) is 39.3 Å². The quantitative estimate of drug-likeness (QED) is 0.920. The molecule has 0 spiro atoms. The van der Waals surface area contributed by atoms with Crippen LogP contribution in [0.1, 0.15) is 40.5 Å². The number of carbonyl (C=O) groups excluding carboxylic acids is 1. The van der Waals surface area contributed by atoms with Crippen molar-refractivity contribution in [1.82, 2.24) is 15.1 Å². The summed E-state index contributed by atoms with van der Waals surface area (Å²) in [5, 5.41) is 9.36. The molecule has 0 radical (unpaired) electrons. The van der Waals surface area contributed by atoms with Gasteiger partial charge in [0.15, 0.2) is 0 Å². The van der Waals surface area contributed by atoms with Gasteiger partial charge >= 0.3 is 0 Å². The Balaban J connectivity index is 1.95. The van der Waals surface area contributed by atoms with Crippen molar-refractivity contribution in [3.63, 3.8) is 0 Å². The van der Waals surface area contributed by atoms with Crippen LogP contribution in [0.4, 0.5) is 0 Å². The molecule has 0 bridgehead atoms. The summed E-state index contributed by atoms with van der Waals surface area (Å²) in [6.45, 7) is 8.79. The second kappa shape index (κ2) is 6.22. The van der Waals surface area contributed by atoms with Crippen molar-refractivity contribution in [3.8, 4) is 0 Å². The summed E-state index contributed by atoms with van der Waals surface area (Å²) in [7, 11) is 0. The second-order valence-corrected chi connectivity index (χ2v) is 6.13. The summed E-state index contributed by atoms with van der Waals surface area (Å²) in [6.07, 6.45) is 0.971. The van der Waals surface area contributed by atoms with Gasteiger partial charge in [0, 0.05) is 22.0 Å². The van der Waals surface area contributed by atoms with E-state index in [1.165, 1.54) is 4.88 Å². The maximum absolute atomic E-state index is 12.1. The van der Waals surface area contributed by atoms with Crippen molar-refractivity contribution in [2.75, 3.05) is 0 Å². The molecule has 0 saturated heterocycles. The minimum Gasteiger partial charge on any atom is -0.348 e. The molecule has 0 aromatic carbocycles. The number of hydrogen-bond donors (Lipinski definition) is 1. The first-order valence-corrected chi connectivity index (χ1v) is 7.77. The van der Waals surface area contributed by atoms with Crippen LogP contribution >= 0.6 is 11.3 Å². The summed E-state index contributed by atoms with van der Waals surface area (Å²) in [5.74, 6) is -0.00465. The Morgan fingerprint density at radius 3 is 2.75 bits per heavy atom. The fourth-order valence-corrected chi connectivity index (χ4v) is 2.97. The van der Waals surface area contributed by atoms with Crippen LogP contribution in [0.15, 0.2) is 17.5 Å². The first-order valence-electron chi connectivity index (χ1n) is 6.89. The van der Waals surface area contributed by atoms with Gasteiger partial charge in [-0.15, -0.1) is 11.3 Å². The minimum atomic E-state index is -0.00465. The van der Waals surface area contributed by atoms with E-state index in [0.717, 1.165) is 23.4 Å². The monoisotopic (exact) mass is 291 g/mol. The van der Waals surface area contributed by atoms with Gasteiger partial charge in [0.2, 0.25) is 0 Å². The van der Waals surface area contributed by atoms with Gasteiger partial charge < -0.3 is 5.32 Å². The molecule has 108 valence electrons. The molecule has 2 aromatic heterocycles. The number of carbonyl (C=O) groups is 1. The molecule has 0 aliphatic rings. The number of amides is 1. The standard InChI is InChI=1S/C15H21N3OS/c1-5-14-7-13(9-20-14)15(19)16-11(3)8-18-12(4)6-10(2)17-18/h6-7,9,11H,5,8H2,1-4H3,(H,16,19)/t11-/m0/s1. The minimum absolute atomic E-state index is 0.00465. The molecule has 0 aliphatic carbocycles. The Hall–Kier alpha value is -1.62. The Labute approximate surface area is 123 Å². The average Bonchev–Trinajstić information content (AvgIpc) is 2.96. The number of hydrogen-bond acceptors (Lipinski definition) is 3. The maximum atomic E-state index is 12.1. The van der Waals surface area contributed by atoms with Crippen molar-refractivity contribution in [1.29, 1.82) is 0 Å². The lowest BCUT2D eigenvalue weighted by Crippen LogP contribution is -2.36. The van der Waals surface area contributed by atoms with Crippen LogP contribution < -0.4 is 5.32 Å². The molecule has 2 rings (SSSR count). The predicted octanol–water partition coefficient (Wildman–Crippen LogP) is 2.94. The molecule has 0 fully saturated rings. The third kappa shape index (κ3) is 3.48. The van der Waals surface area contributed by atoms with Crippen LogP contribution in [0.3, 0.4) is 0 Å². The predicted molar refractivity (Wildman–Crippen MR) is 82.3 cm³/mol. The van der Waals surface area contributed by atoms with Gasteiger partial charge in [0.25, 0.3) is 5.91 Å². The summed E-state index contributed by atoms with van der Waals surface area (Å²) in [6, 6.07) is 4.06. The molecule has 4 nitrogen and oxygen atoms in total. The zero-order valence-corrected chi connectivity index (χ0v) is 13.3. The average molecular weight is 291 g/mol. The van der Waals surface area contributed by atoms with Crippen LogP contribution in [0.25, 0.3) is 0 Å². The van der Waals surface area contributed by atoms with Crippen molar-refractivity contribution in [3.05, 3.63) is 39.3 Å². The maximum Gasteiger partial charge on any atom is 0.252 e. The first kappa shape index (κ1) is 14.8. The first-order chi connectivity index (χ1) is 9.49. The highest BCUT2D eigenvalue weighted by molar-refractivity contribution is 7.10. The van der Waals surface area contributed by atoms with Crippen LogP contribution in [0.2, 0.25) is 0 Å². The molecule has 2 heterocycles. The molecule has 20 heavy (non-hydrogen) atoms. The van der Waals surface area contributed by atoms with E-state index in [4.69, 9.17) is 0 Å². The van der Waals surface area contributed by atoms with Gasteiger partial charge in [-0.2, -0.15) is 5.10 Å². The van der Waals surface area contributed by atoms with E-state index in [2.05, 4.69) is 17.3 Å². The van der Waals surface area contributed by atoms with Crippen molar-refractivity contribution >= 4 is 17.2 Å². The Morgan fingerprint density at radius 2 is 2.20 bits per heavy atom. The van der Waals surface area contributed by atoms with E-state index in [-0.39, 0.29) is 11.9 Å². The van der Waals surface area contributed by atoms with E-state index in [1.807, 2.05) is 43.0 Å². The molecule has 5 heteroatoms. The van der Waals surface area contributed by atoms with E-state index >= 15 is 0 Å². The largest absolute Gasteiger partial charge is 0.348 e. The molecular formula is C15H21N3OS. The van der Waals surface area contributed by atoms with Crippen molar-refractivity contribution in [2.45, 2.75) is 46.7 Å². The molecule has 1 N–H and O–H groups in total.